The minimum absolute atomic E-state index is 0.265. The van der Waals surface area contributed by atoms with Crippen LogP contribution in [0.2, 0.25) is 0 Å². The van der Waals surface area contributed by atoms with Crippen molar-refractivity contribution >= 4 is 10.0 Å². The zero-order valence-corrected chi connectivity index (χ0v) is 16.6. The van der Waals surface area contributed by atoms with Gasteiger partial charge in [-0.05, 0) is 55.8 Å². The van der Waals surface area contributed by atoms with Gasteiger partial charge in [0.2, 0.25) is 10.0 Å². The summed E-state index contributed by atoms with van der Waals surface area (Å²) in [6.45, 7) is 3.03. The van der Waals surface area contributed by atoms with Gasteiger partial charge in [0.15, 0.2) is 0 Å². The van der Waals surface area contributed by atoms with Crippen LogP contribution < -0.4 is 4.72 Å². The standard InChI is InChI=1S/C20H32N2O3S/c1-25-15-14-22-13-5-8-19(22)16-21-26(23,24)20-11-9-18(10-12-20)17-6-3-2-4-7-17/h9-12,17,19,21H,2-8,13-16H2,1H3. The average Bonchev–Trinajstić information content (AvgIpc) is 3.13. The lowest BCUT2D eigenvalue weighted by Crippen LogP contribution is -2.41. The highest BCUT2D eigenvalue weighted by molar-refractivity contribution is 7.89. The lowest BCUT2D eigenvalue weighted by Gasteiger charge is -2.24. The highest BCUT2D eigenvalue weighted by Crippen LogP contribution is 2.32. The van der Waals surface area contributed by atoms with E-state index in [1.807, 2.05) is 12.1 Å². The Hall–Kier alpha value is -0.950. The second kappa shape index (κ2) is 9.31. The van der Waals surface area contributed by atoms with Crippen LogP contribution in [0.3, 0.4) is 0 Å². The van der Waals surface area contributed by atoms with Gasteiger partial charge in [-0.15, -0.1) is 0 Å². The van der Waals surface area contributed by atoms with E-state index in [1.165, 1.54) is 37.7 Å². The molecule has 6 heteroatoms. The smallest absolute Gasteiger partial charge is 0.240 e. The minimum Gasteiger partial charge on any atom is -0.383 e. The normalized spacial score (nSPS) is 22.7. The van der Waals surface area contributed by atoms with Gasteiger partial charge in [-0.2, -0.15) is 0 Å². The summed E-state index contributed by atoms with van der Waals surface area (Å²) in [6.07, 6.45) is 8.50. The maximum Gasteiger partial charge on any atom is 0.240 e. The maximum absolute atomic E-state index is 12.6. The summed E-state index contributed by atoms with van der Waals surface area (Å²) >= 11 is 0. The van der Waals surface area contributed by atoms with Crippen molar-refractivity contribution < 1.29 is 13.2 Å². The van der Waals surface area contributed by atoms with Crippen LogP contribution in [-0.4, -0.2) is 52.7 Å². The molecule has 1 aromatic rings. The lowest BCUT2D eigenvalue weighted by atomic mass is 9.84. The number of hydrogen-bond donors (Lipinski definition) is 1. The second-order valence-corrected chi connectivity index (χ2v) is 9.35. The van der Waals surface area contributed by atoms with Gasteiger partial charge >= 0.3 is 0 Å². The number of methoxy groups -OCH3 is 1. The van der Waals surface area contributed by atoms with Crippen molar-refractivity contribution in [3.05, 3.63) is 29.8 Å². The summed E-state index contributed by atoms with van der Waals surface area (Å²) in [5.74, 6) is 0.598. The Morgan fingerprint density at radius 2 is 1.81 bits per heavy atom. The third-order valence-electron chi connectivity index (χ3n) is 5.86. The predicted octanol–water partition coefficient (Wildman–Crippen LogP) is 3.12. The monoisotopic (exact) mass is 380 g/mol. The molecule has 1 aliphatic heterocycles. The SMILES string of the molecule is COCCN1CCCC1CNS(=O)(=O)c1ccc(C2CCCCC2)cc1. The molecule has 1 saturated heterocycles. The van der Waals surface area contributed by atoms with E-state index in [9.17, 15) is 8.42 Å². The van der Waals surface area contributed by atoms with E-state index in [0.717, 1.165) is 25.9 Å². The Morgan fingerprint density at radius 1 is 1.08 bits per heavy atom. The molecule has 2 aliphatic rings. The fraction of sp³-hybridized carbons (Fsp3) is 0.700. The van der Waals surface area contributed by atoms with Gasteiger partial charge in [0.1, 0.15) is 0 Å². The van der Waals surface area contributed by atoms with Crippen LogP contribution in [-0.2, 0) is 14.8 Å². The van der Waals surface area contributed by atoms with E-state index in [-0.39, 0.29) is 6.04 Å². The molecule has 1 atom stereocenters. The summed E-state index contributed by atoms with van der Waals surface area (Å²) in [5, 5.41) is 0. The van der Waals surface area contributed by atoms with E-state index in [1.54, 1.807) is 19.2 Å². The first-order valence-corrected chi connectivity index (χ1v) is 11.4. The maximum atomic E-state index is 12.6. The zero-order valence-electron chi connectivity index (χ0n) is 15.8. The molecule has 0 aromatic heterocycles. The number of nitrogens with one attached hydrogen (secondary N) is 1. The highest BCUT2D eigenvalue weighted by atomic mass is 32.2. The molecular weight excluding hydrogens is 348 g/mol. The Morgan fingerprint density at radius 3 is 2.50 bits per heavy atom. The van der Waals surface area contributed by atoms with Crippen LogP contribution in [0.4, 0.5) is 0 Å². The molecule has 1 aromatic carbocycles. The van der Waals surface area contributed by atoms with E-state index in [0.29, 0.717) is 24.0 Å². The first-order valence-electron chi connectivity index (χ1n) is 9.93. The van der Waals surface area contributed by atoms with Gasteiger partial charge in [-0.3, -0.25) is 4.90 Å². The summed E-state index contributed by atoms with van der Waals surface area (Å²) in [6, 6.07) is 7.81. The minimum atomic E-state index is -3.45. The summed E-state index contributed by atoms with van der Waals surface area (Å²) in [4.78, 5) is 2.69. The average molecular weight is 381 g/mol. The van der Waals surface area contributed by atoms with Gasteiger partial charge in [0.25, 0.3) is 0 Å². The topological polar surface area (TPSA) is 58.6 Å². The van der Waals surface area contributed by atoms with Crippen molar-refractivity contribution in [3.63, 3.8) is 0 Å². The molecule has 5 nitrogen and oxygen atoms in total. The van der Waals surface area contributed by atoms with Crippen molar-refractivity contribution in [1.82, 2.24) is 9.62 Å². The Labute approximate surface area is 158 Å². The molecule has 1 heterocycles. The molecular formula is C20H32N2O3S. The number of hydrogen-bond acceptors (Lipinski definition) is 4. The van der Waals surface area contributed by atoms with E-state index in [4.69, 9.17) is 4.74 Å². The number of ether oxygens (including phenoxy) is 1. The summed E-state index contributed by atoms with van der Waals surface area (Å²) in [5.41, 5.74) is 1.28. The van der Waals surface area contributed by atoms with Gasteiger partial charge in [-0.1, -0.05) is 31.4 Å². The van der Waals surface area contributed by atoms with Crippen LogP contribution in [0, 0.1) is 0 Å². The first-order chi connectivity index (χ1) is 12.6. The van der Waals surface area contributed by atoms with Crippen molar-refractivity contribution in [2.45, 2.75) is 61.8 Å². The number of rotatable bonds is 8. The Bertz CT molecular complexity index is 654. The Kier molecular flexibility index (Phi) is 7.09. The fourth-order valence-corrected chi connectivity index (χ4v) is 5.35. The highest BCUT2D eigenvalue weighted by Gasteiger charge is 2.26. The predicted molar refractivity (Wildman–Crippen MR) is 104 cm³/mol. The number of sulfonamides is 1. The molecule has 1 N–H and O–H groups in total. The number of benzene rings is 1. The van der Waals surface area contributed by atoms with Crippen LogP contribution in [0.5, 0.6) is 0 Å². The quantitative estimate of drug-likeness (QED) is 0.753. The van der Waals surface area contributed by atoms with Gasteiger partial charge in [0.05, 0.1) is 11.5 Å². The number of nitrogens with zero attached hydrogens (tertiary/aromatic N) is 1. The van der Waals surface area contributed by atoms with E-state index in [2.05, 4.69) is 9.62 Å². The van der Waals surface area contributed by atoms with Crippen LogP contribution in [0.25, 0.3) is 0 Å². The number of likely N-dealkylation sites (tertiary alicyclic amines) is 1. The first kappa shape index (κ1) is 19.8. The molecule has 26 heavy (non-hydrogen) atoms. The lowest BCUT2D eigenvalue weighted by molar-refractivity contribution is 0.141. The molecule has 0 radical (unpaired) electrons. The molecule has 0 bridgehead atoms. The molecule has 1 unspecified atom stereocenters. The third-order valence-corrected chi connectivity index (χ3v) is 7.30. The van der Waals surface area contributed by atoms with Gasteiger partial charge in [-0.25, -0.2) is 13.1 Å². The van der Waals surface area contributed by atoms with Gasteiger partial charge < -0.3 is 4.74 Å². The molecule has 0 amide bonds. The summed E-state index contributed by atoms with van der Waals surface area (Å²) < 4.78 is 33.2. The van der Waals surface area contributed by atoms with Crippen molar-refractivity contribution in [1.29, 1.82) is 0 Å². The molecule has 1 aliphatic carbocycles. The summed E-state index contributed by atoms with van der Waals surface area (Å²) in [7, 11) is -1.75. The van der Waals surface area contributed by atoms with E-state index >= 15 is 0 Å². The molecule has 2 fully saturated rings. The fourth-order valence-electron chi connectivity index (χ4n) is 4.27. The molecule has 0 spiro atoms. The molecule has 146 valence electrons. The van der Waals surface area contributed by atoms with Gasteiger partial charge in [0, 0.05) is 26.2 Å². The van der Waals surface area contributed by atoms with Crippen LogP contribution >= 0.6 is 0 Å². The van der Waals surface area contributed by atoms with Crippen molar-refractivity contribution in [2.75, 3.05) is 33.4 Å². The second-order valence-electron chi connectivity index (χ2n) is 7.58. The van der Waals surface area contributed by atoms with Crippen molar-refractivity contribution in [2.24, 2.45) is 0 Å². The van der Waals surface area contributed by atoms with Crippen LogP contribution in [0.15, 0.2) is 29.2 Å². The Balaban J connectivity index is 1.57. The molecule has 3 rings (SSSR count). The third kappa shape index (κ3) is 5.06. The largest absolute Gasteiger partial charge is 0.383 e. The van der Waals surface area contributed by atoms with Crippen LogP contribution in [0.1, 0.15) is 56.4 Å². The molecule has 1 saturated carbocycles. The van der Waals surface area contributed by atoms with E-state index < -0.39 is 10.0 Å². The van der Waals surface area contributed by atoms with Crippen molar-refractivity contribution in [3.8, 4) is 0 Å². The zero-order chi connectivity index (χ0) is 18.4.